The van der Waals surface area contributed by atoms with Crippen LogP contribution in [-0.4, -0.2) is 20.2 Å². The topological polar surface area (TPSA) is 92.3 Å². The Morgan fingerprint density at radius 3 is 2.27 bits per heavy atom. The van der Waals surface area contributed by atoms with Crippen LogP contribution in [-0.2, 0) is 19.6 Å². The molecule has 0 saturated heterocycles. The Bertz CT molecular complexity index is 773. The minimum atomic E-state index is -3.90. The van der Waals surface area contributed by atoms with Crippen LogP contribution in [0.4, 0.5) is 5.69 Å². The second kappa shape index (κ2) is 7.78. The SMILES string of the molecule is CC(=O)Nc1ccc(S(=O)(=O)NC(=O)[C@@H]2CC[C@@H]3CCCC[C@H]3C2)cc1. The summed E-state index contributed by atoms with van der Waals surface area (Å²) >= 11 is 0. The Hall–Kier alpha value is -1.89. The van der Waals surface area contributed by atoms with Gasteiger partial charge in [-0.05, 0) is 55.4 Å². The largest absolute Gasteiger partial charge is 0.326 e. The molecule has 0 aromatic heterocycles. The molecule has 1 aromatic rings. The lowest BCUT2D eigenvalue weighted by Gasteiger charge is -2.38. The number of carbonyl (C=O) groups excluding carboxylic acids is 2. The van der Waals surface area contributed by atoms with Crippen LogP contribution >= 0.6 is 0 Å². The summed E-state index contributed by atoms with van der Waals surface area (Å²) in [7, 11) is -3.90. The average Bonchev–Trinajstić information content (AvgIpc) is 2.61. The third-order valence-corrected chi connectivity index (χ3v) is 6.99. The van der Waals surface area contributed by atoms with E-state index in [0.29, 0.717) is 17.5 Å². The third-order valence-electron chi connectivity index (χ3n) is 5.63. The lowest BCUT2D eigenvalue weighted by molar-refractivity contribution is -0.125. The summed E-state index contributed by atoms with van der Waals surface area (Å²) in [6, 6.07) is 5.79. The highest BCUT2D eigenvalue weighted by molar-refractivity contribution is 7.90. The molecular weight excluding hydrogens is 352 g/mol. The van der Waals surface area contributed by atoms with E-state index in [2.05, 4.69) is 10.0 Å². The summed E-state index contributed by atoms with van der Waals surface area (Å²) in [5, 5.41) is 2.58. The van der Waals surface area contributed by atoms with E-state index in [4.69, 9.17) is 0 Å². The van der Waals surface area contributed by atoms with Gasteiger partial charge < -0.3 is 5.32 Å². The Kier molecular flexibility index (Phi) is 5.65. The molecule has 0 aliphatic heterocycles. The zero-order valence-electron chi connectivity index (χ0n) is 15.0. The van der Waals surface area contributed by atoms with Crippen LogP contribution < -0.4 is 10.0 Å². The Labute approximate surface area is 154 Å². The predicted molar refractivity (Wildman–Crippen MR) is 98.9 cm³/mol. The van der Waals surface area contributed by atoms with Gasteiger partial charge in [0.25, 0.3) is 10.0 Å². The van der Waals surface area contributed by atoms with Crippen molar-refractivity contribution in [2.24, 2.45) is 17.8 Å². The number of fused-ring (bicyclic) bond motifs is 1. The van der Waals surface area contributed by atoms with Gasteiger partial charge in [0.1, 0.15) is 0 Å². The van der Waals surface area contributed by atoms with Crippen LogP contribution in [0.5, 0.6) is 0 Å². The fourth-order valence-electron chi connectivity index (χ4n) is 4.31. The van der Waals surface area contributed by atoms with Crippen LogP contribution in [0.1, 0.15) is 51.9 Å². The third kappa shape index (κ3) is 4.44. The van der Waals surface area contributed by atoms with Gasteiger partial charge in [-0.15, -0.1) is 0 Å². The normalized spacial score (nSPS) is 25.8. The highest BCUT2D eigenvalue weighted by Gasteiger charge is 2.36. The molecule has 0 heterocycles. The second-order valence-electron chi connectivity index (χ2n) is 7.49. The first-order valence-corrected chi connectivity index (χ1v) is 10.8. The van der Waals surface area contributed by atoms with Gasteiger partial charge in [-0.3, -0.25) is 9.59 Å². The number of nitrogens with one attached hydrogen (secondary N) is 2. The number of carbonyl (C=O) groups is 2. The highest BCUT2D eigenvalue weighted by Crippen LogP contribution is 2.42. The molecule has 1 aromatic carbocycles. The number of sulfonamides is 1. The molecule has 142 valence electrons. The van der Waals surface area contributed by atoms with Crippen molar-refractivity contribution in [3.05, 3.63) is 24.3 Å². The maximum atomic E-state index is 12.5. The number of hydrogen-bond acceptors (Lipinski definition) is 4. The molecule has 3 atom stereocenters. The van der Waals surface area contributed by atoms with Gasteiger partial charge in [0.15, 0.2) is 0 Å². The van der Waals surface area contributed by atoms with Crippen LogP contribution in [0.3, 0.4) is 0 Å². The summed E-state index contributed by atoms with van der Waals surface area (Å²) in [6.45, 7) is 1.38. The van der Waals surface area contributed by atoms with Crippen LogP contribution in [0.15, 0.2) is 29.2 Å². The van der Waals surface area contributed by atoms with E-state index in [-0.39, 0.29) is 22.6 Å². The first-order chi connectivity index (χ1) is 12.3. The van der Waals surface area contributed by atoms with E-state index in [1.807, 2.05) is 0 Å². The molecule has 2 amide bonds. The molecule has 2 fully saturated rings. The van der Waals surface area contributed by atoms with Gasteiger partial charge in [-0.25, -0.2) is 13.1 Å². The van der Waals surface area contributed by atoms with E-state index in [0.717, 1.165) is 25.7 Å². The molecule has 2 saturated carbocycles. The lowest BCUT2D eigenvalue weighted by atomic mass is 9.67. The Balaban J connectivity index is 1.63. The Morgan fingerprint density at radius 1 is 0.962 bits per heavy atom. The highest BCUT2D eigenvalue weighted by atomic mass is 32.2. The maximum absolute atomic E-state index is 12.5. The molecule has 0 bridgehead atoms. The van der Waals surface area contributed by atoms with Crippen molar-refractivity contribution in [1.82, 2.24) is 4.72 Å². The monoisotopic (exact) mass is 378 g/mol. The van der Waals surface area contributed by atoms with Crippen molar-refractivity contribution >= 4 is 27.5 Å². The molecule has 2 aliphatic rings. The molecule has 26 heavy (non-hydrogen) atoms. The first kappa shape index (κ1) is 18.9. The second-order valence-corrected chi connectivity index (χ2v) is 9.17. The molecule has 2 N–H and O–H groups in total. The number of amides is 2. The van der Waals surface area contributed by atoms with Crippen LogP contribution in [0.25, 0.3) is 0 Å². The van der Waals surface area contributed by atoms with Crippen molar-refractivity contribution in [2.75, 3.05) is 5.32 Å². The van der Waals surface area contributed by atoms with Crippen molar-refractivity contribution in [3.63, 3.8) is 0 Å². The number of hydrogen-bond donors (Lipinski definition) is 2. The quantitative estimate of drug-likeness (QED) is 0.842. The van der Waals surface area contributed by atoms with Gasteiger partial charge in [0.2, 0.25) is 11.8 Å². The van der Waals surface area contributed by atoms with Crippen molar-refractivity contribution < 1.29 is 18.0 Å². The van der Waals surface area contributed by atoms with Gasteiger partial charge >= 0.3 is 0 Å². The molecule has 0 unspecified atom stereocenters. The van der Waals surface area contributed by atoms with Crippen LogP contribution in [0.2, 0.25) is 0 Å². The molecule has 0 radical (unpaired) electrons. The minimum Gasteiger partial charge on any atom is -0.326 e. The Morgan fingerprint density at radius 2 is 1.62 bits per heavy atom. The fourth-order valence-corrected chi connectivity index (χ4v) is 5.35. The minimum absolute atomic E-state index is 0.0197. The zero-order chi connectivity index (χ0) is 18.7. The van der Waals surface area contributed by atoms with E-state index in [9.17, 15) is 18.0 Å². The van der Waals surface area contributed by atoms with E-state index in [1.165, 1.54) is 50.5 Å². The van der Waals surface area contributed by atoms with Gasteiger partial charge in [-0.2, -0.15) is 0 Å². The van der Waals surface area contributed by atoms with E-state index >= 15 is 0 Å². The summed E-state index contributed by atoms with van der Waals surface area (Å²) < 4.78 is 27.2. The number of rotatable bonds is 4. The average molecular weight is 378 g/mol. The standard InChI is InChI=1S/C19H26N2O4S/c1-13(22)20-17-8-10-18(11-9-17)26(24,25)21-19(23)16-7-6-14-4-2-3-5-15(14)12-16/h8-11,14-16H,2-7,12H2,1H3,(H,20,22)(H,21,23)/t14-,15-,16+/m0/s1. The summed E-state index contributed by atoms with van der Waals surface area (Å²) in [5.74, 6) is 0.439. The molecule has 0 spiro atoms. The summed E-state index contributed by atoms with van der Waals surface area (Å²) in [6.07, 6.45) is 7.49. The lowest BCUT2D eigenvalue weighted by Crippen LogP contribution is -2.39. The number of anilines is 1. The number of benzene rings is 1. The fraction of sp³-hybridized carbons (Fsp3) is 0.579. The zero-order valence-corrected chi connectivity index (χ0v) is 15.8. The first-order valence-electron chi connectivity index (χ1n) is 9.29. The smallest absolute Gasteiger partial charge is 0.264 e. The molecular formula is C19H26N2O4S. The van der Waals surface area contributed by atoms with Gasteiger partial charge in [-0.1, -0.05) is 25.7 Å². The molecule has 6 nitrogen and oxygen atoms in total. The maximum Gasteiger partial charge on any atom is 0.264 e. The van der Waals surface area contributed by atoms with Gasteiger partial charge in [0.05, 0.1) is 4.90 Å². The van der Waals surface area contributed by atoms with Gasteiger partial charge in [0, 0.05) is 18.5 Å². The summed E-state index contributed by atoms with van der Waals surface area (Å²) in [4.78, 5) is 23.6. The predicted octanol–water partition coefficient (Wildman–Crippen LogP) is 3.06. The van der Waals surface area contributed by atoms with Crippen molar-refractivity contribution in [2.45, 2.75) is 56.8 Å². The van der Waals surface area contributed by atoms with E-state index in [1.54, 1.807) is 0 Å². The van der Waals surface area contributed by atoms with Crippen LogP contribution in [0, 0.1) is 17.8 Å². The van der Waals surface area contributed by atoms with Crippen molar-refractivity contribution in [1.29, 1.82) is 0 Å². The summed E-state index contributed by atoms with van der Waals surface area (Å²) in [5.41, 5.74) is 0.512. The molecule has 3 rings (SSSR count). The van der Waals surface area contributed by atoms with Crippen molar-refractivity contribution in [3.8, 4) is 0 Å². The van der Waals surface area contributed by atoms with E-state index < -0.39 is 10.0 Å². The molecule has 7 heteroatoms. The molecule has 2 aliphatic carbocycles.